The molecule has 0 aliphatic carbocycles. The Morgan fingerprint density at radius 1 is 1.25 bits per heavy atom. The smallest absolute Gasteiger partial charge is 0.449 e. The number of fused-ring (bicyclic) bond motifs is 1. The van der Waals surface area contributed by atoms with Gasteiger partial charge >= 0.3 is 6.18 Å². The van der Waals surface area contributed by atoms with Crippen LogP contribution in [0, 0.1) is 0 Å². The summed E-state index contributed by atoms with van der Waals surface area (Å²) in [5, 5.41) is 9.64. The number of hydrogen-bond acceptors (Lipinski definition) is 2. The Kier molecular flexibility index (Phi) is 2.42. The molecule has 2 aromatic rings. The third kappa shape index (κ3) is 1.90. The van der Waals surface area contributed by atoms with E-state index in [1.54, 1.807) is 6.92 Å². The third-order valence-corrected chi connectivity index (χ3v) is 2.30. The average Bonchev–Trinajstić information content (AvgIpc) is 2.58. The van der Waals surface area contributed by atoms with Crippen molar-refractivity contribution in [1.82, 2.24) is 0 Å². The van der Waals surface area contributed by atoms with E-state index < -0.39 is 18.0 Å². The molecule has 0 saturated carbocycles. The molecule has 86 valence electrons. The molecule has 2 nitrogen and oxygen atoms in total. The van der Waals surface area contributed by atoms with Gasteiger partial charge in [0.25, 0.3) is 0 Å². The van der Waals surface area contributed by atoms with Gasteiger partial charge in [0.1, 0.15) is 5.58 Å². The van der Waals surface area contributed by atoms with Gasteiger partial charge in [0.2, 0.25) is 5.76 Å². The summed E-state index contributed by atoms with van der Waals surface area (Å²) in [7, 11) is 0. The zero-order valence-corrected chi connectivity index (χ0v) is 8.38. The lowest BCUT2D eigenvalue weighted by atomic mass is 10.1. The van der Waals surface area contributed by atoms with Crippen LogP contribution in [-0.2, 0) is 6.18 Å². The van der Waals surface area contributed by atoms with Crippen molar-refractivity contribution in [2.45, 2.75) is 19.2 Å². The van der Waals surface area contributed by atoms with Gasteiger partial charge in [-0.15, -0.1) is 0 Å². The molecule has 5 heteroatoms. The lowest BCUT2D eigenvalue weighted by Gasteiger charge is -2.02. The van der Waals surface area contributed by atoms with Crippen molar-refractivity contribution in [2.24, 2.45) is 0 Å². The summed E-state index contributed by atoms with van der Waals surface area (Å²) in [4.78, 5) is 0. The first kappa shape index (κ1) is 11.0. The minimum atomic E-state index is -4.48. The number of halogens is 3. The van der Waals surface area contributed by atoms with Gasteiger partial charge in [0, 0.05) is 5.39 Å². The van der Waals surface area contributed by atoms with Crippen LogP contribution in [0.4, 0.5) is 13.2 Å². The van der Waals surface area contributed by atoms with E-state index in [1.807, 2.05) is 0 Å². The summed E-state index contributed by atoms with van der Waals surface area (Å²) < 4.78 is 41.7. The Hall–Kier alpha value is -1.49. The molecule has 1 aromatic heterocycles. The summed E-state index contributed by atoms with van der Waals surface area (Å²) in [5.74, 6) is -1.02. The van der Waals surface area contributed by atoms with E-state index in [0.717, 1.165) is 6.07 Å². The van der Waals surface area contributed by atoms with Crippen LogP contribution in [0.3, 0.4) is 0 Å². The summed E-state index contributed by atoms with van der Waals surface area (Å²) in [6.07, 6.45) is -5.20. The highest BCUT2D eigenvalue weighted by atomic mass is 19.4. The first-order chi connectivity index (χ1) is 7.38. The molecule has 0 fully saturated rings. The molecular weight excluding hydrogens is 221 g/mol. The Morgan fingerprint density at radius 3 is 2.50 bits per heavy atom. The number of furan rings is 1. The number of benzene rings is 1. The van der Waals surface area contributed by atoms with Crippen LogP contribution in [0.15, 0.2) is 28.7 Å². The van der Waals surface area contributed by atoms with E-state index >= 15 is 0 Å². The highest BCUT2D eigenvalue weighted by molar-refractivity contribution is 5.79. The molecule has 0 radical (unpaired) electrons. The van der Waals surface area contributed by atoms with Gasteiger partial charge in [-0.3, -0.25) is 0 Å². The standard InChI is InChI=1S/C11H9F3O2/c1-6(15)7-2-3-9-8(4-7)5-10(16-9)11(12,13)14/h2-6,15H,1H3. The van der Waals surface area contributed by atoms with Crippen LogP contribution < -0.4 is 0 Å². The fraction of sp³-hybridized carbons (Fsp3) is 0.273. The van der Waals surface area contributed by atoms with Crippen molar-refractivity contribution in [2.75, 3.05) is 0 Å². The molecule has 1 N–H and O–H groups in total. The first-order valence-electron chi connectivity index (χ1n) is 4.66. The van der Waals surface area contributed by atoms with Gasteiger partial charge in [-0.05, 0) is 30.7 Å². The largest absolute Gasteiger partial charge is 0.452 e. The van der Waals surface area contributed by atoms with Crippen molar-refractivity contribution in [3.05, 3.63) is 35.6 Å². The van der Waals surface area contributed by atoms with Crippen molar-refractivity contribution in [3.63, 3.8) is 0 Å². The number of rotatable bonds is 1. The second kappa shape index (κ2) is 3.52. The van der Waals surface area contributed by atoms with Crippen LogP contribution in [0.2, 0.25) is 0 Å². The highest BCUT2D eigenvalue weighted by Crippen LogP contribution is 2.34. The van der Waals surface area contributed by atoms with E-state index in [1.165, 1.54) is 18.2 Å². The zero-order valence-electron chi connectivity index (χ0n) is 8.38. The molecule has 1 unspecified atom stereocenters. The van der Waals surface area contributed by atoms with Gasteiger partial charge in [-0.1, -0.05) is 6.07 Å². The molecule has 0 aliphatic rings. The molecule has 1 atom stereocenters. The molecule has 2 rings (SSSR count). The Bertz CT molecular complexity index is 511. The Balaban J connectivity index is 2.54. The highest BCUT2D eigenvalue weighted by Gasteiger charge is 2.35. The molecule has 0 aliphatic heterocycles. The lowest BCUT2D eigenvalue weighted by molar-refractivity contribution is -0.152. The predicted octanol–water partition coefficient (Wildman–Crippen LogP) is 3.50. The van der Waals surface area contributed by atoms with Crippen LogP contribution in [0.1, 0.15) is 24.4 Å². The van der Waals surface area contributed by atoms with E-state index in [4.69, 9.17) is 0 Å². The quantitative estimate of drug-likeness (QED) is 0.813. The van der Waals surface area contributed by atoms with Crippen molar-refractivity contribution in [1.29, 1.82) is 0 Å². The molecule has 0 amide bonds. The van der Waals surface area contributed by atoms with Gasteiger partial charge < -0.3 is 9.52 Å². The molecule has 1 heterocycles. The zero-order chi connectivity index (χ0) is 11.9. The molecular formula is C11H9F3O2. The molecule has 0 bridgehead atoms. The van der Waals surface area contributed by atoms with Gasteiger partial charge in [-0.25, -0.2) is 0 Å². The van der Waals surface area contributed by atoms with Crippen molar-refractivity contribution >= 4 is 11.0 Å². The van der Waals surface area contributed by atoms with E-state index in [0.29, 0.717) is 10.9 Å². The Labute approximate surface area is 89.3 Å². The monoisotopic (exact) mass is 230 g/mol. The molecule has 1 aromatic carbocycles. The minimum Gasteiger partial charge on any atom is -0.452 e. The van der Waals surface area contributed by atoms with Crippen molar-refractivity contribution in [3.8, 4) is 0 Å². The second-order valence-electron chi connectivity index (χ2n) is 3.58. The lowest BCUT2D eigenvalue weighted by Crippen LogP contribution is -2.01. The summed E-state index contributed by atoms with van der Waals surface area (Å²) >= 11 is 0. The summed E-state index contributed by atoms with van der Waals surface area (Å²) in [6, 6.07) is 5.38. The minimum absolute atomic E-state index is 0.164. The van der Waals surface area contributed by atoms with Crippen LogP contribution in [-0.4, -0.2) is 5.11 Å². The number of alkyl halides is 3. The van der Waals surface area contributed by atoms with E-state index in [9.17, 15) is 18.3 Å². The predicted molar refractivity (Wildman–Crippen MR) is 51.8 cm³/mol. The number of hydrogen-bond donors (Lipinski definition) is 1. The van der Waals surface area contributed by atoms with Crippen LogP contribution in [0.5, 0.6) is 0 Å². The van der Waals surface area contributed by atoms with Crippen LogP contribution >= 0.6 is 0 Å². The average molecular weight is 230 g/mol. The van der Waals surface area contributed by atoms with Gasteiger partial charge in [0.15, 0.2) is 0 Å². The van der Waals surface area contributed by atoms with Crippen LogP contribution in [0.25, 0.3) is 11.0 Å². The maximum absolute atomic E-state index is 12.3. The molecule has 0 saturated heterocycles. The molecule has 16 heavy (non-hydrogen) atoms. The topological polar surface area (TPSA) is 33.4 Å². The van der Waals surface area contributed by atoms with Gasteiger partial charge in [0.05, 0.1) is 6.10 Å². The maximum atomic E-state index is 12.3. The van der Waals surface area contributed by atoms with Crippen molar-refractivity contribution < 1.29 is 22.7 Å². The number of aliphatic hydroxyl groups excluding tert-OH is 1. The SMILES string of the molecule is CC(O)c1ccc2oc(C(F)(F)F)cc2c1. The fourth-order valence-electron chi connectivity index (χ4n) is 1.46. The third-order valence-electron chi connectivity index (χ3n) is 2.30. The summed E-state index contributed by atoms with van der Waals surface area (Å²) in [6.45, 7) is 1.55. The molecule has 0 spiro atoms. The normalized spacial score (nSPS) is 14.3. The summed E-state index contributed by atoms with van der Waals surface area (Å²) in [5.41, 5.74) is 0.721. The first-order valence-corrected chi connectivity index (χ1v) is 4.66. The van der Waals surface area contributed by atoms with E-state index in [2.05, 4.69) is 4.42 Å². The van der Waals surface area contributed by atoms with E-state index in [-0.39, 0.29) is 5.58 Å². The number of aliphatic hydroxyl groups is 1. The fourth-order valence-corrected chi connectivity index (χ4v) is 1.46. The second-order valence-corrected chi connectivity index (χ2v) is 3.58. The van der Waals surface area contributed by atoms with Gasteiger partial charge in [-0.2, -0.15) is 13.2 Å². The Morgan fingerprint density at radius 2 is 1.94 bits per heavy atom. The maximum Gasteiger partial charge on any atom is 0.449 e.